The van der Waals surface area contributed by atoms with Gasteiger partial charge in [-0.15, -0.1) is 0 Å². The van der Waals surface area contributed by atoms with Crippen LogP contribution in [0.1, 0.15) is 43.6 Å². The zero-order chi connectivity index (χ0) is 30.3. The van der Waals surface area contributed by atoms with E-state index in [1.54, 1.807) is 6.92 Å². The highest BCUT2D eigenvalue weighted by atomic mass is 28.4. The van der Waals surface area contributed by atoms with E-state index in [9.17, 15) is 19.3 Å². The second kappa shape index (κ2) is 13.2. The molecule has 1 amide bonds. The highest BCUT2D eigenvalue weighted by Crippen LogP contribution is 2.38. The molecule has 0 spiro atoms. The fraction of sp³-hybridized carbons (Fsp3) is 0.242. The van der Waals surface area contributed by atoms with Gasteiger partial charge in [0.15, 0.2) is 6.29 Å². The first-order valence-corrected chi connectivity index (χ1v) is 15.6. The molecule has 218 valence electrons. The third kappa shape index (κ3) is 6.65. The number of hydrogen-bond acceptors (Lipinski definition) is 5. The van der Waals surface area contributed by atoms with Gasteiger partial charge in [0.05, 0.1) is 23.1 Å². The monoisotopic (exact) mass is 586 g/mol. The summed E-state index contributed by atoms with van der Waals surface area (Å²) in [6.07, 6.45) is -0.956. The lowest BCUT2D eigenvalue weighted by Gasteiger charge is -2.46. The number of nitrogens with one attached hydrogen (secondary N) is 1. The molecule has 0 fully saturated rings. The Morgan fingerprint density at radius 1 is 0.881 bits per heavy atom. The van der Waals surface area contributed by atoms with Gasteiger partial charge in [-0.05, 0) is 34.0 Å². The zero-order valence-corrected chi connectivity index (χ0v) is 25.1. The van der Waals surface area contributed by atoms with Crippen LogP contribution in [0.25, 0.3) is 0 Å². The first-order valence-electron chi connectivity index (χ1n) is 13.7. The highest BCUT2D eigenvalue weighted by Gasteiger charge is 2.52. The molecule has 4 aromatic rings. The number of ether oxygens (including phenoxy) is 1. The van der Waals surface area contributed by atoms with Crippen LogP contribution in [0.4, 0.5) is 10.1 Å². The van der Waals surface area contributed by atoms with Crippen LogP contribution in [0.3, 0.4) is 0 Å². The van der Waals surface area contributed by atoms with Gasteiger partial charge in [0.1, 0.15) is 0 Å². The van der Waals surface area contributed by atoms with Gasteiger partial charge in [-0.1, -0.05) is 118 Å². The summed E-state index contributed by atoms with van der Waals surface area (Å²) in [6, 6.07) is 32.4. The number of carbonyl (C=O) groups excluding carboxylic acids is 1. The molecule has 0 heterocycles. The fourth-order valence-electron chi connectivity index (χ4n) is 5.09. The maximum absolute atomic E-state index is 14.9. The largest absolute Gasteiger partial charge is 0.381 e. The van der Waals surface area contributed by atoms with Gasteiger partial charge < -0.3 is 14.5 Å². The third-order valence-corrected chi connectivity index (χ3v) is 12.1. The predicted molar refractivity (Wildman–Crippen MR) is 164 cm³/mol. The minimum Gasteiger partial charge on any atom is -0.381 e. The third-order valence-electron chi connectivity index (χ3n) is 7.15. The summed E-state index contributed by atoms with van der Waals surface area (Å²) in [5.74, 6) is -2.00. The van der Waals surface area contributed by atoms with Crippen molar-refractivity contribution in [2.24, 2.45) is 0 Å². The molecule has 0 bridgehead atoms. The molecule has 0 saturated heterocycles. The van der Waals surface area contributed by atoms with Crippen molar-refractivity contribution in [3.05, 3.63) is 136 Å². The molecule has 0 aromatic heterocycles. The van der Waals surface area contributed by atoms with E-state index in [0.717, 1.165) is 22.0 Å². The smallest absolute Gasteiger partial charge is 0.305 e. The molecule has 0 aliphatic rings. The number of amides is 1. The number of hydrogen-bond donors (Lipinski definition) is 1. The van der Waals surface area contributed by atoms with Crippen molar-refractivity contribution < 1.29 is 23.3 Å². The molecule has 4 aromatic carbocycles. The Bertz CT molecular complexity index is 1460. The van der Waals surface area contributed by atoms with Gasteiger partial charge in [-0.2, -0.15) is 4.39 Å². The van der Waals surface area contributed by atoms with Crippen molar-refractivity contribution in [2.75, 3.05) is 0 Å². The molecular formula is C33H35FN2O5Si. The maximum Gasteiger partial charge on any atom is 0.305 e. The SMILES string of the molecule is C[C@H](NC(=O)c1cccc([N+](=O)[O-])c1F)[C@@H](OCc1ccccc1)O[Si](c1ccccc1)(c1ccccc1)C(C)(C)C. The summed E-state index contributed by atoms with van der Waals surface area (Å²) in [5.41, 5.74) is -0.282. The standard InChI is InChI=1S/C33H35FN2O5Si/c1-24(35-31(37)28-21-14-22-29(30(28)34)36(38)39)32(40-23-25-15-8-5-9-16-25)41-42(33(2,3)4,26-17-10-6-11-18-26)27-19-12-7-13-20-27/h5-22,24,32H,23H2,1-4H3,(H,35,37)/t24-,32-/m0/s1. The molecule has 0 aliphatic heterocycles. The molecule has 42 heavy (non-hydrogen) atoms. The average molecular weight is 587 g/mol. The van der Waals surface area contributed by atoms with Gasteiger partial charge in [-0.25, -0.2) is 0 Å². The van der Waals surface area contributed by atoms with Crippen molar-refractivity contribution in [3.63, 3.8) is 0 Å². The molecule has 4 rings (SSSR count). The Morgan fingerprint density at radius 3 is 1.90 bits per heavy atom. The molecule has 0 aliphatic carbocycles. The van der Waals surface area contributed by atoms with Crippen molar-refractivity contribution in [2.45, 2.75) is 51.7 Å². The lowest BCUT2D eigenvalue weighted by atomic mass is 10.1. The van der Waals surface area contributed by atoms with E-state index in [1.807, 2.05) is 66.7 Å². The van der Waals surface area contributed by atoms with Gasteiger partial charge in [-0.3, -0.25) is 14.9 Å². The van der Waals surface area contributed by atoms with E-state index in [4.69, 9.17) is 9.16 Å². The topological polar surface area (TPSA) is 90.7 Å². The quantitative estimate of drug-likeness (QED) is 0.101. The van der Waals surface area contributed by atoms with Crippen molar-refractivity contribution in [1.82, 2.24) is 5.32 Å². The molecule has 9 heteroatoms. The van der Waals surface area contributed by atoms with Crippen molar-refractivity contribution in [3.8, 4) is 0 Å². The van der Waals surface area contributed by atoms with Crippen molar-refractivity contribution in [1.29, 1.82) is 0 Å². The Morgan fingerprint density at radius 2 is 1.40 bits per heavy atom. The van der Waals surface area contributed by atoms with E-state index in [2.05, 4.69) is 50.4 Å². The first-order chi connectivity index (χ1) is 20.0. The molecule has 0 unspecified atom stereocenters. The van der Waals surface area contributed by atoms with Crippen molar-refractivity contribution >= 4 is 30.3 Å². The predicted octanol–water partition coefficient (Wildman–Crippen LogP) is 5.97. The Hall–Kier alpha value is -4.18. The number of halogens is 1. The minimum atomic E-state index is -3.12. The molecule has 7 nitrogen and oxygen atoms in total. The van der Waals surface area contributed by atoms with Crippen LogP contribution in [-0.4, -0.2) is 31.5 Å². The van der Waals surface area contributed by atoms with Gasteiger partial charge in [0.2, 0.25) is 5.82 Å². The number of rotatable bonds is 11. The molecular weight excluding hydrogens is 551 g/mol. The normalized spacial score (nSPS) is 13.3. The van der Waals surface area contributed by atoms with Gasteiger partial charge >= 0.3 is 5.69 Å². The lowest BCUT2D eigenvalue weighted by molar-refractivity contribution is -0.387. The van der Waals surface area contributed by atoms with E-state index in [0.29, 0.717) is 0 Å². The Labute approximate surface area is 246 Å². The number of nitrogens with zero attached hydrogens (tertiary/aromatic N) is 1. The van der Waals surface area contributed by atoms with Crippen LogP contribution >= 0.6 is 0 Å². The van der Waals surface area contributed by atoms with Gasteiger partial charge in [0, 0.05) is 6.07 Å². The van der Waals surface area contributed by atoms with E-state index in [-0.39, 0.29) is 11.6 Å². The summed E-state index contributed by atoms with van der Waals surface area (Å²) in [7, 11) is -3.12. The lowest BCUT2D eigenvalue weighted by Crippen LogP contribution is -2.69. The maximum atomic E-state index is 14.9. The van der Waals surface area contributed by atoms with E-state index < -0.39 is 48.5 Å². The second-order valence-electron chi connectivity index (χ2n) is 11.1. The van der Waals surface area contributed by atoms with Crippen LogP contribution in [-0.2, 0) is 15.8 Å². The fourth-order valence-corrected chi connectivity index (χ4v) is 9.72. The van der Waals surface area contributed by atoms with Crippen LogP contribution in [0.15, 0.2) is 109 Å². The number of benzene rings is 4. The summed E-state index contributed by atoms with van der Waals surface area (Å²) in [5, 5.41) is 15.7. The Kier molecular flexibility index (Phi) is 9.67. The van der Waals surface area contributed by atoms with Crippen LogP contribution in [0, 0.1) is 15.9 Å². The summed E-state index contributed by atoms with van der Waals surface area (Å²) in [4.78, 5) is 23.7. The summed E-state index contributed by atoms with van der Waals surface area (Å²) < 4.78 is 28.5. The van der Waals surface area contributed by atoms with Gasteiger partial charge in [0.25, 0.3) is 14.2 Å². The first kappa shape index (κ1) is 30.8. The number of nitro benzene ring substituents is 1. The van der Waals surface area contributed by atoms with E-state index >= 15 is 0 Å². The molecule has 1 N–H and O–H groups in total. The van der Waals surface area contributed by atoms with E-state index in [1.165, 1.54) is 12.1 Å². The molecule has 2 atom stereocenters. The summed E-state index contributed by atoms with van der Waals surface area (Å²) >= 11 is 0. The second-order valence-corrected chi connectivity index (χ2v) is 15.4. The average Bonchev–Trinajstić information content (AvgIpc) is 2.98. The minimum absolute atomic E-state index is 0.203. The molecule has 0 saturated carbocycles. The summed E-state index contributed by atoms with van der Waals surface area (Å²) in [6.45, 7) is 8.33. The molecule has 0 radical (unpaired) electrons. The zero-order valence-electron chi connectivity index (χ0n) is 24.1. The number of carbonyl (C=O) groups is 1. The highest BCUT2D eigenvalue weighted by molar-refractivity contribution is 6.99. The van der Waals surface area contributed by atoms with Crippen LogP contribution < -0.4 is 15.7 Å². The van der Waals surface area contributed by atoms with Crippen LogP contribution in [0.2, 0.25) is 5.04 Å². The Balaban J connectivity index is 1.76. The van der Waals surface area contributed by atoms with Crippen LogP contribution in [0.5, 0.6) is 0 Å². The number of nitro groups is 1.